The molecular formula is C27H24FN3O2. The first-order chi connectivity index (χ1) is 16.0. The molecule has 0 spiro atoms. The van der Waals surface area contributed by atoms with Gasteiger partial charge in [-0.2, -0.15) is 5.26 Å². The molecule has 1 saturated heterocycles. The quantitative estimate of drug-likeness (QED) is 0.555. The third kappa shape index (κ3) is 5.33. The van der Waals surface area contributed by atoms with Crippen LogP contribution in [0.4, 0.5) is 4.39 Å². The SMILES string of the molecule is N#Cc1ccc(CN2CCCN(C(=O)c3ccccc3C(=O)c3ccc(F)cc3)CC2)cc1. The number of rotatable bonds is 5. The van der Waals surface area contributed by atoms with Crippen molar-refractivity contribution in [2.75, 3.05) is 26.2 Å². The molecule has 166 valence electrons. The largest absolute Gasteiger partial charge is 0.337 e. The predicted octanol–water partition coefficient (Wildman–Crippen LogP) is 4.28. The van der Waals surface area contributed by atoms with Gasteiger partial charge in [0, 0.05) is 43.9 Å². The van der Waals surface area contributed by atoms with Crippen molar-refractivity contribution in [1.29, 1.82) is 5.26 Å². The second-order valence-electron chi connectivity index (χ2n) is 8.11. The summed E-state index contributed by atoms with van der Waals surface area (Å²) in [4.78, 5) is 30.5. The first kappa shape index (κ1) is 22.4. The summed E-state index contributed by atoms with van der Waals surface area (Å²) >= 11 is 0. The van der Waals surface area contributed by atoms with E-state index in [1.165, 1.54) is 24.3 Å². The van der Waals surface area contributed by atoms with E-state index in [2.05, 4.69) is 11.0 Å². The highest BCUT2D eigenvalue weighted by Crippen LogP contribution is 2.19. The lowest BCUT2D eigenvalue weighted by molar-refractivity contribution is 0.0756. The molecular weight excluding hydrogens is 417 g/mol. The maximum absolute atomic E-state index is 13.4. The second kappa shape index (κ2) is 10.2. The summed E-state index contributed by atoms with van der Waals surface area (Å²) in [6.07, 6.45) is 0.829. The van der Waals surface area contributed by atoms with Gasteiger partial charge in [-0.15, -0.1) is 0 Å². The van der Waals surface area contributed by atoms with Crippen LogP contribution in [0.15, 0.2) is 72.8 Å². The minimum Gasteiger partial charge on any atom is -0.337 e. The summed E-state index contributed by atoms with van der Waals surface area (Å²) in [7, 11) is 0. The van der Waals surface area contributed by atoms with Crippen molar-refractivity contribution in [3.63, 3.8) is 0 Å². The number of halogens is 1. The van der Waals surface area contributed by atoms with E-state index in [0.717, 1.165) is 31.6 Å². The molecule has 0 saturated carbocycles. The standard InChI is InChI=1S/C27H24FN3O2/c28-23-12-10-22(11-13-23)26(32)24-4-1-2-5-25(24)27(33)31-15-3-14-30(16-17-31)19-21-8-6-20(18-29)7-9-21/h1-2,4-13H,3,14-17,19H2. The van der Waals surface area contributed by atoms with Gasteiger partial charge in [-0.3, -0.25) is 14.5 Å². The van der Waals surface area contributed by atoms with Gasteiger partial charge >= 0.3 is 0 Å². The summed E-state index contributed by atoms with van der Waals surface area (Å²) < 4.78 is 13.3. The lowest BCUT2D eigenvalue weighted by atomic mass is 9.97. The Morgan fingerprint density at radius 3 is 2.24 bits per heavy atom. The Balaban J connectivity index is 1.46. The minimum absolute atomic E-state index is 0.165. The molecule has 1 aliphatic heterocycles. The van der Waals surface area contributed by atoms with Crippen molar-refractivity contribution in [3.05, 3.63) is 106 Å². The van der Waals surface area contributed by atoms with Crippen molar-refractivity contribution >= 4 is 11.7 Å². The van der Waals surface area contributed by atoms with Crippen LogP contribution in [0.3, 0.4) is 0 Å². The molecule has 1 fully saturated rings. The third-order valence-electron chi connectivity index (χ3n) is 5.87. The normalized spacial score (nSPS) is 14.4. The Hall–Kier alpha value is -3.82. The molecule has 33 heavy (non-hydrogen) atoms. The van der Waals surface area contributed by atoms with E-state index in [1.54, 1.807) is 29.2 Å². The fourth-order valence-corrected chi connectivity index (χ4v) is 4.07. The van der Waals surface area contributed by atoms with Crippen molar-refractivity contribution in [3.8, 4) is 6.07 Å². The number of carbonyl (C=O) groups is 2. The summed E-state index contributed by atoms with van der Waals surface area (Å²) in [5.74, 6) is -0.872. The van der Waals surface area contributed by atoms with E-state index in [-0.39, 0.29) is 11.7 Å². The lowest BCUT2D eigenvalue weighted by Gasteiger charge is -2.23. The van der Waals surface area contributed by atoms with E-state index in [9.17, 15) is 14.0 Å². The summed E-state index contributed by atoms with van der Waals surface area (Å²) in [6, 6.07) is 21.9. The zero-order valence-corrected chi connectivity index (χ0v) is 18.2. The van der Waals surface area contributed by atoms with E-state index >= 15 is 0 Å². The van der Waals surface area contributed by atoms with Gasteiger partial charge in [0.1, 0.15) is 5.82 Å². The number of benzene rings is 3. The molecule has 0 aromatic heterocycles. The van der Waals surface area contributed by atoms with Crippen LogP contribution in [-0.2, 0) is 6.54 Å². The second-order valence-corrected chi connectivity index (χ2v) is 8.11. The van der Waals surface area contributed by atoms with Crippen LogP contribution in [0.2, 0.25) is 0 Å². The van der Waals surface area contributed by atoms with Crippen molar-refractivity contribution in [1.82, 2.24) is 9.80 Å². The van der Waals surface area contributed by atoms with Gasteiger partial charge in [-0.25, -0.2) is 4.39 Å². The van der Waals surface area contributed by atoms with Crippen LogP contribution in [0.5, 0.6) is 0 Å². The molecule has 6 heteroatoms. The molecule has 0 radical (unpaired) electrons. The summed E-state index contributed by atoms with van der Waals surface area (Å²) in [5.41, 5.74) is 2.81. The van der Waals surface area contributed by atoms with Crippen LogP contribution >= 0.6 is 0 Å². The fraction of sp³-hybridized carbons (Fsp3) is 0.222. The van der Waals surface area contributed by atoms with E-state index in [1.807, 2.05) is 24.3 Å². The van der Waals surface area contributed by atoms with E-state index < -0.39 is 5.82 Å². The molecule has 3 aromatic rings. The monoisotopic (exact) mass is 441 g/mol. The van der Waals surface area contributed by atoms with Gasteiger partial charge in [0.25, 0.3) is 5.91 Å². The van der Waals surface area contributed by atoms with Crippen LogP contribution < -0.4 is 0 Å². The highest BCUT2D eigenvalue weighted by atomic mass is 19.1. The fourth-order valence-electron chi connectivity index (χ4n) is 4.07. The van der Waals surface area contributed by atoms with Gasteiger partial charge in [0.05, 0.1) is 17.2 Å². The number of nitrogens with zero attached hydrogens (tertiary/aromatic N) is 3. The Morgan fingerprint density at radius 2 is 1.55 bits per heavy atom. The zero-order chi connectivity index (χ0) is 23.2. The third-order valence-corrected chi connectivity index (χ3v) is 5.87. The molecule has 0 bridgehead atoms. The van der Waals surface area contributed by atoms with Gasteiger partial charge in [0.2, 0.25) is 0 Å². The maximum atomic E-state index is 13.4. The number of hydrogen-bond acceptors (Lipinski definition) is 4. The highest BCUT2D eigenvalue weighted by Gasteiger charge is 2.24. The number of hydrogen-bond donors (Lipinski definition) is 0. The Kier molecular flexibility index (Phi) is 6.92. The summed E-state index contributed by atoms with van der Waals surface area (Å²) in [5, 5.41) is 8.96. The first-order valence-electron chi connectivity index (χ1n) is 10.9. The van der Waals surface area contributed by atoms with Crippen LogP contribution in [0, 0.1) is 17.1 Å². The lowest BCUT2D eigenvalue weighted by Crippen LogP contribution is -2.35. The Morgan fingerprint density at radius 1 is 0.848 bits per heavy atom. The average molecular weight is 442 g/mol. The molecule has 4 rings (SSSR count). The zero-order valence-electron chi connectivity index (χ0n) is 18.2. The van der Waals surface area contributed by atoms with Crippen molar-refractivity contribution in [2.45, 2.75) is 13.0 Å². The molecule has 1 heterocycles. The predicted molar refractivity (Wildman–Crippen MR) is 123 cm³/mol. The first-order valence-corrected chi connectivity index (χ1v) is 10.9. The number of nitriles is 1. The number of carbonyl (C=O) groups excluding carboxylic acids is 2. The minimum atomic E-state index is -0.411. The van der Waals surface area contributed by atoms with E-state index in [0.29, 0.717) is 35.3 Å². The maximum Gasteiger partial charge on any atom is 0.254 e. The molecule has 0 unspecified atom stereocenters. The number of ketones is 1. The van der Waals surface area contributed by atoms with Gasteiger partial charge in [0.15, 0.2) is 5.78 Å². The van der Waals surface area contributed by atoms with Crippen LogP contribution in [0.25, 0.3) is 0 Å². The topological polar surface area (TPSA) is 64.4 Å². The molecule has 5 nitrogen and oxygen atoms in total. The van der Waals surface area contributed by atoms with Crippen LogP contribution in [0.1, 0.15) is 43.8 Å². The smallest absolute Gasteiger partial charge is 0.254 e. The van der Waals surface area contributed by atoms with Gasteiger partial charge < -0.3 is 4.90 Å². The molecule has 1 amide bonds. The summed E-state index contributed by atoms with van der Waals surface area (Å²) in [6.45, 7) is 3.52. The molecule has 3 aromatic carbocycles. The van der Waals surface area contributed by atoms with Crippen molar-refractivity contribution in [2.24, 2.45) is 0 Å². The molecule has 0 atom stereocenters. The van der Waals surface area contributed by atoms with E-state index in [4.69, 9.17) is 5.26 Å². The van der Waals surface area contributed by atoms with Crippen LogP contribution in [-0.4, -0.2) is 47.7 Å². The Bertz CT molecular complexity index is 1180. The van der Waals surface area contributed by atoms with Crippen molar-refractivity contribution < 1.29 is 14.0 Å². The number of amides is 1. The molecule has 0 aliphatic carbocycles. The molecule has 1 aliphatic rings. The highest BCUT2D eigenvalue weighted by molar-refractivity contribution is 6.15. The van der Waals surface area contributed by atoms with Gasteiger partial charge in [-0.1, -0.05) is 30.3 Å². The van der Waals surface area contributed by atoms with Gasteiger partial charge in [-0.05, 0) is 54.4 Å². The average Bonchev–Trinajstić information content (AvgIpc) is 3.09. The Labute approximate surface area is 192 Å². The molecule has 0 N–H and O–H groups in total.